The van der Waals surface area contributed by atoms with Crippen LogP contribution >= 0.6 is 0 Å². The van der Waals surface area contributed by atoms with Gasteiger partial charge in [0.25, 0.3) is 5.91 Å². The second-order valence-corrected chi connectivity index (χ2v) is 3.45. The number of ether oxygens (including phenoxy) is 2. The maximum Gasteiger partial charge on any atom is 0.251 e. The van der Waals surface area contributed by atoms with E-state index < -0.39 is 0 Å². The lowest BCUT2D eigenvalue weighted by molar-refractivity contribution is 0.0936. The Morgan fingerprint density at radius 2 is 2.33 bits per heavy atom. The lowest BCUT2D eigenvalue weighted by atomic mass is 10.2. The van der Waals surface area contributed by atoms with E-state index in [-0.39, 0.29) is 12.5 Å². The Balaban J connectivity index is 2.71. The van der Waals surface area contributed by atoms with Gasteiger partial charge in [-0.05, 0) is 18.2 Å². The molecule has 0 radical (unpaired) electrons. The molecule has 0 fully saturated rings. The maximum absolute atomic E-state index is 11.7. The van der Waals surface area contributed by atoms with Gasteiger partial charge in [0, 0.05) is 19.2 Å². The van der Waals surface area contributed by atoms with Crippen molar-refractivity contribution in [3.63, 3.8) is 0 Å². The van der Waals surface area contributed by atoms with E-state index >= 15 is 0 Å². The fourth-order valence-corrected chi connectivity index (χ4v) is 1.28. The van der Waals surface area contributed by atoms with Crippen molar-refractivity contribution in [2.75, 3.05) is 32.6 Å². The van der Waals surface area contributed by atoms with Crippen LogP contribution in [-0.4, -0.2) is 32.8 Å². The Labute approximate surface area is 105 Å². The van der Waals surface area contributed by atoms with Gasteiger partial charge in [0.15, 0.2) is 6.61 Å². The summed E-state index contributed by atoms with van der Waals surface area (Å²) in [4.78, 5) is 11.7. The number of anilines is 1. The number of methoxy groups -OCH3 is 1. The molecule has 0 spiro atoms. The number of nitrogen functional groups attached to an aromatic ring is 1. The lowest BCUT2D eigenvalue weighted by Crippen LogP contribution is -2.26. The van der Waals surface area contributed by atoms with E-state index in [1.54, 1.807) is 19.2 Å². The minimum atomic E-state index is -0.242. The number of nitriles is 1. The second kappa shape index (κ2) is 7.14. The van der Waals surface area contributed by atoms with Crippen LogP contribution in [0.15, 0.2) is 18.2 Å². The summed E-state index contributed by atoms with van der Waals surface area (Å²) >= 11 is 0. The number of nitrogens with two attached hydrogens (primary N) is 1. The van der Waals surface area contributed by atoms with Crippen LogP contribution in [0.1, 0.15) is 10.4 Å². The van der Waals surface area contributed by atoms with Gasteiger partial charge in [-0.3, -0.25) is 4.79 Å². The molecule has 0 saturated carbocycles. The Kier molecular flexibility index (Phi) is 5.48. The first kappa shape index (κ1) is 13.8. The second-order valence-electron chi connectivity index (χ2n) is 3.45. The largest absolute Gasteiger partial charge is 0.477 e. The number of nitrogens with zero attached hydrogens (tertiary/aromatic N) is 1. The highest BCUT2D eigenvalue weighted by atomic mass is 16.5. The Bertz CT molecular complexity index is 454. The molecule has 0 saturated heterocycles. The summed E-state index contributed by atoms with van der Waals surface area (Å²) in [7, 11) is 1.56. The highest BCUT2D eigenvalue weighted by Gasteiger charge is 2.08. The van der Waals surface area contributed by atoms with Gasteiger partial charge in [0.2, 0.25) is 0 Å². The number of hydrogen-bond donors (Lipinski definition) is 2. The first-order valence-electron chi connectivity index (χ1n) is 5.35. The topological polar surface area (TPSA) is 97.4 Å². The van der Waals surface area contributed by atoms with Gasteiger partial charge < -0.3 is 20.5 Å². The van der Waals surface area contributed by atoms with Crippen molar-refractivity contribution in [1.82, 2.24) is 5.32 Å². The number of hydrogen-bond acceptors (Lipinski definition) is 5. The van der Waals surface area contributed by atoms with E-state index in [9.17, 15) is 4.79 Å². The molecule has 96 valence electrons. The highest BCUT2D eigenvalue weighted by Crippen LogP contribution is 2.22. The third kappa shape index (κ3) is 3.96. The fourth-order valence-electron chi connectivity index (χ4n) is 1.28. The van der Waals surface area contributed by atoms with E-state index in [2.05, 4.69) is 5.32 Å². The Hall–Kier alpha value is -2.26. The molecule has 0 aliphatic carbocycles. The van der Waals surface area contributed by atoms with Gasteiger partial charge in [-0.2, -0.15) is 5.26 Å². The van der Waals surface area contributed by atoms with Gasteiger partial charge in [0.05, 0.1) is 12.3 Å². The normalized spacial score (nSPS) is 9.56. The molecule has 1 aromatic carbocycles. The molecule has 18 heavy (non-hydrogen) atoms. The zero-order valence-corrected chi connectivity index (χ0v) is 10.1. The number of nitrogens with one attached hydrogen (secondary N) is 1. The van der Waals surface area contributed by atoms with Crippen LogP contribution in [0, 0.1) is 11.3 Å². The summed E-state index contributed by atoms with van der Waals surface area (Å²) in [5, 5.41) is 11.1. The predicted octanol–water partition coefficient (Wildman–Crippen LogP) is 0.547. The molecular formula is C12H15N3O3. The van der Waals surface area contributed by atoms with Crippen LogP contribution in [0.5, 0.6) is 5.75 Å². The van der Waals surface area contributed by atoms with Crippen molar-refractivity contribution in [3.8, 4) is 11.8 Å². The summed E-state index contributed by atoms with van der Waals surface area (Å²) < 4.78 is 9.94. The molecule has 1 amide bonds. The molecule has 0 atom stereocenters. The quantitative estimate of drug-likeness (QED) is 0.566. The maximum atomic E-state index is 11.7. The smallest absolute Gasteiger partial charge is 0.251 e. The van der Waals surface area contributed by atoms with Crippen molar-refractivity contribution in [1.29, 1.82) is 5.26 Å². The van der Waals surface area contributed by atoms with Crippen molar-refractivity contribution < 1.29 is 14.3 Å². The minimum absolute atomic E-state index is 0.112. The van der Waals surface area contributed by atoms with Gasteiger partial charge in [-0.15, -0.1) is 0 Å². The zero-order chi connectivity index (χ0) is 13.4. The van der Waals surface area contributed by atoms with E-state index in [4.69, 9.17) is 20.5 Å². The zero-order valence-electron chi connectivity index (χ0n) is 10.1. The standard InChI is InChI=1S/C12H15N3O3/c1-17-7-5-15-12(16)9-2-3-10(14)11(8-9)18-6-4-13/h2-3,8H,5-7,14H2,1H3,(H,15,16). The summed E-state index contributed by atoms with van der Waals surface area (Å²) in [5.74, 6) is 0.0878. The molecule has 1 aromatic rings. The molecule has 1 rings (SSSR count). The molecular weight excluding hydrogens is 234 g/mol. The summed E-state index contributed by atoms with van der Waals surface area (Å²) in [6, 6.07) is 6.51. The van der Waals surface area contributed by atoms with Crippen LogP contribution < -0.4 is 15.8 Å². The molecule has 0 aliphatic heterocycles. The average molecular weight is 249 g/mol. The first-order valence-corrected chi connectivity index (χ1v) is 5.35. The monoisotopic (exact) mass is 249 g/mol. The van der Waals surface area contributed by atoms with Gasteiger partial charge in [0.1, 0.15) is 11.8 Å². The molecule has 6 nitrogen and oxygen atoms in total. The number of benzene rings is 1. The van der Waals surface area contributed by atoms with Crippen LogP contribution in [-0.2, 0) is 4.74 Å². The van der Waals surface area contributed by atoms with Crippen molar-refractivity contribution in [3.05, 3.63) is 23.8 Å². The average Bonchev–Trinajstić information content (AvgIpc) is 2.38. The van der Waals surface area contributed by atoms with Crippen LogP contribution in [0.25, 0.3) is 0 Å². The number of carbonyl (C=O) groups excluding carboxylic acids is 1. The SMILES string of the molecule is COCCNC(=O)c1ccc(N)c(OCC#N)c1. The van der Waals surface area contributed by atoms with Crippen LogP contribution in [0.4, 0.5) is 5.69 Å². The molecule has 0 aromatic heterocycles. The van der Waals surface area contributed by atoms with E-state index in [1.165, 1.54) is 6.07 Å². The Morgan fingerprint density at radius 1 is 1.56 bits per heavy atom. The van der Waals surface area contributed by atoms with Gasteiger partial charge in [-0.25, -0.2) is 0 Å². The van der Waals surface area contributed by atoms with Gasteiger partial charge >= 0.3 is 0 Å². The third-order valence-electron chi connectivity index (χ3n) is 2.16. The van der Waals surface area contributed by atoms with Crippen molar-refractivity contribution in [2.45, 2.75) is 0 Å². The van der Waals surface area contributed by atoms with Crippen molar-refractivity contribution in [2.24, 2.45) is 0 Å². The number of rotatable bonds is 6. The number of carbonyl (C=O) groups is 1. The lowest BCUT2D eigenvalue weighted by Gasteiger charge is -2.09. The molecule has 0 heterocycles. The van der Waals surface area contributed by atoms with E-state index in [1.807, 2.05) is 6.07 Å². The molecule has 0 aliphatic rings. The first-order chi connectivity index (χ1) is 8.69. The summed E-state index contributed by atoms with van der Waals surface area (Å²) in [6.07, 6.45) is 0. The molecule has 0 bridgehead atoms. The van der Waals surface area contributed by atoms with Crippen LogP contribution in [0.3, 0.4) is 0 Å². The molecule has 6 heteroatoms. The fraction of sp³-hybridized carbons (Fsp3) is 0.333. The molecule has 0 unspecified atom stereocenters. The van der Waals surface area contributed by atoms with Crippen molar-refractivity contribution >= 4 is 11.6 Å². The minimum Gasteiger partial charge on any atom is -0.477 e. The third-order valence-corrected chi connectivity index (χ3v) is 2.16. The highest BCUT2D eigenvalue weighted by molar-refractivity contribution is 5.95. The summed E-state index contributed by atoms with van der Waals surface area (Å²) in [5.41, 5.74) is 6.48. The summed E-state index contributed by atoms with van der Waals surface area (Å²) in [6.45, 7) is 0.756. The molecule has 3 N–H and O–H groups in total. The van der Waals surface area contributed by atoms with E-state index in [0.717, 1.165) is 0 Å². The van der Waals surface area contributed by atoms with Crippen LogP contribution in [0.2, 0.25) is 0 Å². The number of amides is 1. The predicted molar refractivity (Wildman–Crippen MR) is 66.2 cm³/mol. The van der Waals surface area contributed by atoms with E-state index in [0.29, 0.717) is 30.2 Å². The van der Waals surface area contributed by atoms with Gasteiger partial charge in [-0.1, -0.05) is 0 Å². The Morgan fingerprint density at radius 3 is 3.00 bits per heavy atom.